The molecule has 0 aromatic heterocycles. The first-order chi connectivity index (χ1) is 13.2. The number of hydrogen-bond donors (Lipinski definition) is 4. The highest BCUT2D eigenvalue weighted by Gasteiger charge is 2.44. The third kappa shape index (κ3) is 5.62. The van der Waals surface area contributed by atoms with Gasteiger partial charge in [-0.1, -0.05) is 18.6 Å². The Labute approximate surface area is 176 Å². The molecule has 7 nitrogen and oxygen atoms in total. The summed E-state index contributed by atoms with van der Waals surface area (Å²) in [5.41, 5.74) is 0.611. The number of aliphatic hydroxyl groups is 3. The lowest BCUT2D eigenvalue weighted by atomic mass is 9.94. The molecule has 0 bridgehead atoms. The smallest absolute Gasteiger partial charge is 0.237 e. The van der Waals surface area contributed by atoms with Crippen molar-refractivity contribution in [1.82, 2.24) is 10.2 Å². The van der Waals surface area contributed by atoms with Crippen molar-refractivity contribution in [2.45, 2.75) is 80.4 Å². The SMILES string of the molecule is CC/C=C1/C[C@@H](C(=O)N[C@@H](C[C@H]2O[C@H](SC)[C@H](O)[C@@H](O)[C@H]2O)[C@H](C)Cl)N(C)C1. The number of likely N-dealkylation sites (N-methyl/N-ethyl adjacent to an activating group) is 1. The van der Waals surface area contributed by atoms with Crippen molar-refractivity contribution in [1.29, 1.82) is 0 Å². The molecule has 2 heterocycles. The van der Waals surface area contributed by atoms with Crippen molar-refractivity contribution in [3.8, 4) is 0 Å². The topological polar surface area (TPSA) is 102 Å². The number of hydrogen-bond acceptors (Lipinski definition) is 7. The van der Waals surface area contributed by atoms with E-state index in [2.05, 4.69) is 18.3 Å². The summed E-state index contributed by atoms with van der Waals surface area (Å²) in [6.07, 6.45) is 1.35. The molecule has 2 aliphatic rings. The maximum absolute atomic E-state index is 12.8. The van der Waals surface area contributed by atoms with Crippen LogP contribution in [0.2, 0.25) is 0 Å². The minimum Gasteiger partial charge on any atom is -0.388 e. The van der Waals surface area contributed by atoms with Gasteiger partial charge in [-0.05, 0) is 39.5 Å². The summed E-state index contributed by atoms with van der Waals surface area (Å²) in [6, 6.07) is -0.689. The van der Waals surface area contributed by atoms with Crippen LogP contribution in [0.4, 0.5) is 0 Å². The number of ether oxygens (including phenoxy) is 1. The Morgan fingerprint density at radius 2 is 2.07 bits per heavy atom. The minimum atomic E-state index is -1.30. The monoisotopic (exact) mass is 436 g/mol. The largest absolute Gasteiger partial charge is 0.388 e. The standard InChI is InChI=1S/C19H33ClN2O5S/c1-5-6-11-7-13(22(3)9-11)18(26)21-12(10(2)20)8-14-15(23)16(24)17(25)19(27-14)28-4/h6,10,12-17,19,23-25H,5,7-9H2,1-4H3,(H,21,26)/b11-6-/t10-,12-,13-,14+,15-,16-,17+,19+/m0/s1. The van der Waals surface area contributed by atoms with Crippen LogP contribution in [0.5, 0.6) is 0 Å². The molecule has 0 spiro atoms. The van der Waals surface area contributed by atoms with Crippen LogP contribution in [0.15, 0.2) is 11.6 Å². The van der Waals surface area contributed by atoms with Crippen molar-refractivity contribution in [2.24, 2.45) is 0 Å². The number of allylic oxidation sites excluding steroid dienone is 1. The van der Waals surface area contributed by atoms with Gasteiger partial charge in [0.15, 0.2) is 0 Å². The molecule has 9 heteroatoms. The molecular weight excluding hydrogens is 404 g/mol. The fourth-order valence-electron chi connectivity index (χ4n) is 3.83. The first-order valence-corrected chi connectivity index (χ1v) is 11.5. The molecule has 2 saturated heterocycles. The molecule has 28 heavy (non-hydrogen) atoms. The van der Waals surface area contributed by atoms with Crippen molar-refractivity contribution in [3.05, 3.63) is 11.6 Å². The summed E-state index contributed by atoms with van der Waals surface area (Å²) < 4.78 is 5.76. The third-order valence-corrected chi connectivity index (χ3v) is 6.66. The van der Waals surface area contributed by atoms with Gasteiger partial charge in [0.25, 0.3) is 0 Å². The van der Waals surface area contributed by atoms with Gasteiger partial charge in [-0.15, -0.1) is 23.4 Å². The summed E-state index contributed by atoms with van der Waals surface area (Å²) in [6.45, 7) is 4.63. The molecule has 0 unspecified atom stereocenters. The van der Waals surface area contributed by atoms with Crippen molar-refractivity contribution < 1.29 is 24.9 Å². The predicted molar refractivity (Wildman–Crippen MR) is 111 cm³/mol. The number of nitrogens with zero attached hydrogens (tertiary/aromatic N) is 1. The number of amides is 1. The fraction of sp³-hybridized carbons (Fsp3) is 0.842. The summed E-state index contributed by atoms with van der Waals surface area (Å²) in [4.78, 5) is 14.9. The van der Waals surface area contributed by atoms with E-state index in [1.54, 1.807) is 13.2 Å². The van der Waals surface area contributed by atoms with Gasteiger partial charge in [-0.3, -0.25) is 9.69 Å². The van der Waals surface area contributed by atoms with Crippen LogP contribution in [0.3, 0.4) is 0 Å². The molecule has 2 fully saturated rings. The van der Waals surface area contributed by atoms with E-state index in [-0.39, 0.29) is 18.4 Å². The van der Waals surface area contributed by atoms with Gasteiger partial charge in [0, 0.05) is 12.6 Å². The lowest BCUT2D eigenvalue weighted by Crippen LogP contribution is -2.58. The van der Waals surface area contributed by atoms with E-state index in [0.717, 1.165) is 13.0 Å². The Bertz CT molecular complexity index is 562. The molecule has 4 N–H and O–H groups in total. The van der Waals surface area contributed by atoms with Gasteiger partial charge in [-0.2, -0.15) is 0 Å². The first-order valence-electron chi connectivity index (χ1n) is 9.74. The molecule has 1 amide bonds. The molecule has 162 valence electrons. The van der Waals surface area contributed by atoms with Gasteiger partial charge >= 0.3 is 0 Å². The van der Waals surface area contributed by atoms with Crippen LogP contribution in [-0.4, -0.2) is 93.3 Å². The Morgan fingerprint density at radius 1 is 1.39 bits per heavy atom. The molecule has 8 atom stereocenters. The highest BCUT2D eigenvalue weighted by Crippen LogP contribution is 2.30. The van der Waals surface area contributed by atoms with Crippen LogP contribution in [0.25, 0.3) is 0 Å². The molecule has 0 aromatic carbocycles. The Morgan fingerprint density at radius 3 is 2.64 bits per heavy atom. The molecule has 2 rings (SSSR count). The molecule has 0 aromatic rings. The van der Waals surface area contributed by atoms with E-state index in [0.29, 0.717) is 6.42 Å². The second-order valence-electron chi connectivity index (χ2n) is 7.68. The Balaban J connectivity index is 2.03. The summed E-state index contributed by atoms with van der Waals surface area (Å²) in [5.74, 6) is -0.105. The van der Waals surface area contributed by atoms with Crippen molar-refractivity contribution >= 4 is 29.3 Å². The number of nitrogens with one attached hydrogen (secondary N) is 1. The number of alkyl halides is 1. The van der Waals surface area contributed by atoms with Crippen LogP contribution in [-0.2, 0) is 9.53 Å². The normalized spacial score (nSPS) is 37.8. The van der Waals surface area contributed by atoms with Gasteiger partial charge in [-0.25, -0.2) is 0 Å². The van der Waals surface area contributed by atoms with E-state index in [9.17, 15) is 20.1 Å². The molecular formula is C19H33ClN2O5S. The van der Waals surface area contributed by atoms with Crippen LogP contribution >= 0.6 is 23.4 Å². The van der Waals surface area contributed by atoms with Crippen molar-refractivity contribution in [3.63, 3.8) is 0 Å². The highest BCUT2D eigenvalue weighted by atomic mass is 35.5. The molecule has 2 aliphatic heterocycles. The lowest BCUT2D eigenvalue weighted by Gasteiger charge is -2.41. The van der Waals surface area contributed by atoms with Crippen LogP contribution in [0, 0.1) is 0 Å². The maximum Gasteiger partial charge on any atom is 0.237 e. The summed E-state index contributed by atoms with van der Waals surface area (Å²) in [7, 11) is 1.93. The maximum atomic E-state index is 12.8. The first kappa shape index (κ1) is 23.9. The van der Waals surface area contributed by atoms with E-state index in [1.165, 1.54) is 17.3 Å². The number of thioether (sulfide) groups is 1. The number of halogens is 1. The van der Waals surface area contributed by atoms with Gasteiger partial charge in [0.1, 0.15) is 23.7 Å². The summed E-state index contributed by atoms with van der Waals surface area (Å²) in [5, 5.41) is 33.0. The average molecular weight is 437 g/mol. The molecule has 0 aliphatic carbocycles. The summed E-state index contributed by atoms with van der Waals surface area (Å²) >= 11 is 7.58. The van der Waals surface area contributed by atoms with Gasteiger partial charge in [0.2, 0.25) is 5.91 Å². The van der Waals surface area contributed by atoms with Gasteiger partial charge < -0.3 is 25.4 Å². The second kappa shape index (κ2) is 10.6. The van der Waals surface area contributed by atoms with Crippen LogP contribution in [0.1, 0.15) is 33.1 Å². The number of carbonyl (C=O) groups excluding carboxylic acids is 1. The third-order valence-electron chi connectivity index (χ3n) is 5.50. The van der Waals surface area contributed by atoms with E-state index >= 15 is 0 Å². The lowest BCUT2D eigenvalue weighted by molar-refractivity contribution is -0.200. The fourth-order valence-corrected chi connectivity index (χ4v) is 4.68. The van der Waals surface area contributed by atoms with Gasteiger partial charge in [0.05, 0.1) is 17.5 Å². The molecule has 0 saturated carbocycles. The van der Waals surface area contributed by atoms with Crippen LogP contribution < -0.4 is 5.32 Å². The predicted octanol–water partition coefficient (Wildman–Crippen LogP) is 0.700. The average Bonchev–Trinajstić information content (AvgIpc) is 3.01. The zero-order valence-electron chi connectivity index (χ0n) is 16.9. The quantitative estimate of drug-likeness (QED) is 0.344. The number of rotatable bonds is 7. The van der Waals surface area contributed by atoms with Crippen molar-refractivity contribution in [2.75, 3.05) is 19.8 Å². The minimum absolute atomic E-state index is 0.105. The number of carbonyl (C=O) groups is 1. The zero-order valence-corrected chi connectivity index (χ0v) is 18.5. The Kier molecular flexibility index (Phi) is 9.07. The Hall–Kier alpha value is -0.350. The van der Waals surface area contributed by atoms with E-state index in [4.69, 9.17) is 16.3 Å². The van der Waals surface area contributed by atoms with E-state index in [1.807, 2.05) is 11.9 Å². The second-order valence-corrected chi connectivity index (χ2v) is 9.31. The highest BCUT2D eigenvalue weighted by molar-refractivity contribution is 7.99. The van der Waals surface area contributed by atoms with E-state index < -0.39 is 41.3 Å². The number of aliphatic hydroxyl groups excluding tert-OH is 3. The zero-order chi connectivity index (χ0) is 21.0. The number of likely N-dealkylation sites (tertiary alicyclic amines) is 1. The molecule has 0 radical (unpaired) electrons.